The van der Waals surface area contributed by atoms with Crippen LogP contribution in [0, 0.1) is 6.92 Å². The standard InChI is InChI=1S/C25H26N6O4/c1-3-6-17(21(26)32)7-4-12-27-15-35-25(34)31-20-16(2)11-14-29-23(20)30(18-9-10-18)22-19(24(31)33)8-5-13-28-22/h4-8,11-14,18H,3,9-10,15H2,1-2H3,(H2,26,32). The molecule has 2 aliphatic rings. The van der Waals surface area contributed by atoms with Crippen molar-refractivity contribution in [2.75, 3.05) is 16.5 Å². The first-order chi connectivity index (χ1) is 16.9. The lowest BCUT2D eigenvalue weighted by atomic mass is 10.2. The summed E-state index contributed by atoms with van der Waals surface area (Å²) in [7, 11) is 0. The molecule has 35 heavy (non-hydrogen) atoms. The summed E-state index contributed by atoms with van der Waals surface area (Å²) >= 11 is 0. The molecule has 4 rings (SSSR count). The Balaban J connectivity index is 1.59. The van der Waals surface area contributed by atoms with Crippen molar-refractivity contribution in [3.63, 3.8) is 0 Å². The summed E-state index contributed by atoms with van der Waals surface area (Å²) < 4.78 is 5.31. The van der Waals surface area contributed by atoms with Crippen molar-refractivity contribution in [3.05, 3.63) is 65.5 Å². The van der Waals surface area contributed by atoms with Gasteiger partial charge in [-0.2, -0.15) is 0 Å². The van der Waals surface area contributed by atoms with Gasteiger partial charge in [-0.15, -0.1) is 0 Å². The molecule has 1 saturated carbocycles. The van der Waals surface area contributed by atoms with Crippen LogP contribution in [-0.4, -0.2) is 46.9 Å². The van der Waals surface area contributed by atoms with Gasteiger partial charge in [0.25, 0.3) is 5.91 Å². The number of amides is 3. The SMILES string of the molecule is CCC=C(C=CC=NCOC(=O)N1C(=O)c2cccnc2N(C2CC2)c2nccc(C)c21)C(N)=O. The summed E-state index contributed by atoms with van der Waals surface area (Å²) in [6, 6.07) is 5.20. The Kier molecular flexibility index (Phi) is 7.00. The van der Waals surface area contributed by atoms with Crippen LogP contribution in [0.15, 0.2) is 59.4 Å². The fourth-order valence-electron chi connectivity index (χ4n) is 3.80. The van der Waals surface area contributed by atoms with Crippen molar-refractivity contribution < 1.29 is 19.1 Å². The normalized spacial score (nSPS) is 15.8. The van der Waals surface area contributed by atoms with Crippen LogP contribution in [-0.2, 0) is 9.53 Å². The number of hydrogen-bond donors (Lipinski definition) is 1. The van der Waals surface area contributed by atoms with Crippen molar-refractivity contribution in [1.29, 1.82) is 0 Å². The number of rotatable bonds is 7. The minimum atomic E-state index is -0.871. The number of aryl methyl sites for hydroxylation is 1. The number of nitrogens with zero attached hydrogens (tertiary/aromatic N) is 5. The molecule has 1 fully saturated rings. The zero-order valence-corrected chi connectivity index (χ0v) is 19.5. The first kappa shape index (κ1) is 23.8. The molecular weight excluding hydrogens is 448 g/mol. The number of nitrogens with two attached hydrogens (primary N) is 1. The molecule has 0 radical (unpaired) electrons. The Labute approximate surface area is 202 Å². The summed E-state index contributed by atoms with van der Waals surface area (Å²) in [5, 5.41) is 0. The van der Waals surface area contributed by atoms with E-state index in [1.165, 1.54) is 18.4 Å². The topological polar surface area (TPSA) is 131 Å². The average Bonchev–Trinajstić information content (AvgIpc) is 3.68. The Morgan fingerprint density at radius 1 is 1.23 bits per heavy atom. The summed E-state index contributed by atoms with van der Waals surface area (Å²) in [6.45, 7) is 3.38. The molecule has 1 aliphatic carbocycles. The molecule has 0 atom stereocenters. The van der Waals surface area contributed by atoms with Gasteiger partial charge >= 0.3 is 6.09 Å². The molecule has 180 valence electrons. The lowest BCUT2D eigenvalue weighted by molar-refractivity contribution is -0.114. The number of ether oxygens (including phenoxy) is 1. The van der Waals surface area contributed by atoms with Crippen molar-refractivity contribution in [1.82, 2.24) is 9.97 Å². The highest BCUT2D eigenvalue weighted by molar-refractivity contribution is 6.24. The number of pyridine rings is 2. The van der Waals surface area contributed by atoms with Crippen LogP contribution >= 0.6 is 0 Å². The molecule has 2 N–H and O–H groups in total. The lowest BCUT2D eigenvalue weighted by Crippen LogP contribution is -2.37. The maximum absolute atomic E-state index is 13.5. The maximum atomic E-state index is 13.5. The highest BCUT2D eigenvalue weighted by atomic mass is 16.6. The number of carbonyl (C=O) groups is 3. The summed E-state index contributed by atoms with van der Waals surface area (Å²) in [6.07, 6.45) is 11.1. The van der Waals surface area contributed by atoms with E-state index in [9.17, 15) is 14.4 Å². The van der Waals surface area contributed by atoms with Crippen LogP contribution in [0.3, 0.4) is 0 Å². The Bertz CT molecular complexity index is 1250. The fourth-order valence-corrected chi connectivity index (χ4v) is 3.80. The molecule has 0 spiro atoms. The van der Waals surface area contributed by atoms with Crippen LogP contribution in [0.5, 0.6) is 0 Å². The van der Waals surface area contributed by atoms with E-state index >= 15 is 0 Å². The summed E-state index contributed by atoms with van der Waals surface area (Å²) in [4.78, 5) is 54.0. The smallest absolute Gasteiger partial charge is 0.423 e. The molecule has 0 bridgehead atoms. The third kappa shape index (κ3) is 4.96. The second kappa shape index (κ2) is 10.3. The first-order valence-electron chi connectivity index (χ1n) is 11.3. The van der Waals surface area contributed by atoms with Crippen LogP contribution in [0.2, 0.25) is 0 Å². The Hall–Kier alpha value is -4.34. The second-order valence-electron chi connectivity index (χ2n) is 8.08. The van der Waals surface area contributed by atoms with E-state index in [4.69, 9.17) is 10.5 Å². The van der Waals surface area contributed by atoms with Crippen LogP contribution in [0.4, 0.5) is 22.1 Å². The molecule has 10 heteroatoms. The molecule has 10 nitrogen and oxygen atoms in total. The zero-order chi connectivity index (χ0) is 24.9. The molecule has 3 heterocycles. The number of aromatic nitrogens is 2. The molecule has 3 amide bonds. The van der Waals surface area contributed by atoms with E-state index in [0.717, 1.165) is 17.7 Å². The number of hydrogen-bond acceptors (Lipinski definition) is 8. The number of allylic oxidation sites excluding steroid dienone is 2. The number of imide groups is 1. The fraction of sp³-hybridized carbons (Fsp3) is 0.280. The third-order valence-electron chi connectivity index (χ3n) is 5.54. The minimum Gasteiger partial charge on any atom is -0.426 e. The highest BCUT2D eigenvalue weighted by Gasteiger charge is 2.42. The number of fused-ring (bicyclic) bond motifs is 2. The van der Waals surface area contributed by atoms with Gasteiger partial charge in [-0.1, -0.05) is 13.0 Å². The molecule has 0 unspecified atom stereocenters. The molecule has 0 saturated heterocycles. The number of primary amides is 1. The maximum Gasteiger partial charge on any atom is 0.423 e. The molecule has 1 aliphatic heterocycles. The molecule has 2 aromatic rings. The number of carbonyl (C=O) groups excluding carboxylic acids is 3. The number of aliphatic imine (C=N–C) groups is 1. The molecular formula is C25H26N6O4. The van der Waals surface area contributed by atoms with Gasteiger partial charge in [-0.3, -0.25) is 14.6 Å². The van der Waals surface area contributed by atoms with Crippen molar-refractivity contribution in [2.24, 2.45) is 10.7 Å². The van der Waals surface area contributed by atoms with Gasteiger partial charge in [-0.25, -0.2) is 19.7 Å². The van der Waals surface area contributed by atoms with Crippen LogP contribution in [0.1, 0.15) is 42.1 Å². The van der Waals surface area contributed by atoms with E-state index in [-0.39, 0.29) is 12.8 Å². The molecule has 2 aromatic heterocycles. The van der Waals surface area contributed by atoms with E-state index in [1.807, 2.05) is 18.7 Å². The van der Waals surface area contributed by atoms with Crippen molar-refractivity contribution >= 4 is 41.4 Å². The van der Waals surface area contributed by atoms with Gasteiger partial charge < -0.3 is 15.4 Å². The van der Waals surface area contributed by atoms with Crippen LogP contribution < -0.4 is 15.5 Å². The first-order valence-corrected chi connectivity index (χ1v) is 11.3. The Morgan fingerprint density at radius 2 is 2.00 bits per heavy atom. The second-order valence-corrected chi connectivity index (χ2v) is 8.08. The highest BCUT2D eigenvalue weighted by Crippen LogP contribution is 2.45. The van der Waals surface area contributed by atoms with Gasteiger partial charge in [0.05, 0.1) is 5.56 Å². The van der Waals surface area contributed by atoms with E-state index in [0.29, 0.717) is 40.4 Å². The minimum absolute atomic E-state index is 0.156. The number of anilines is 3. The van der Waals surface area contributed by atoms with E-state index < -0.39 is 17.9 Å². The van der Waals surface area contributed by atoms with E-state index in [2.05, 4.69) is 15.0 Å². The van der Waals surface area contributed by atoms with Gasteiger partial charge in [0.15, 0.2) is 12.5 Å². The van der Waals surface area contributed by atoms with Crippen LogP contribution in [0.25, 0.3) is 0 Å². The average molecular weight is 475 g/mol. The van der Waals surface area contributed by atoms with E-state index in [1.54, 1.807) is 36.7 Å². The Morgan fingerprint density at radius 3 is 2.71 bits per heavy atom. The lowest BCUT2D eigenvalue weighted by Gasteiger charge is -2.25. The van der Waals surface area contributed by atoms with Crippen molar-refractivity contribution in [2.45, 2.75) is 39.2 Å². The van der Waals surface area contributed by atoms with Crippen molar-refractivity contribution in [3.8, 4) is 0 Å². The van der Waals surface area contributed by atoms with Gasteiger partial charge in [0.1, 0.15) is 11.5 Å². The zero-order valence-electron chi connectivity index (χ0n) is 19.5. The van der Waals surface area contributed by atoms with Gasteiger partial charge in [0, 0.05) is 30.2 Å². The van der Waals surface area contributed by atoms with Gasteiger partial charge in [0.2, 0.25) is 5.91 Å². The predicted molar refractivity (Wildman–Crippen MR) is 132 cm³/mol. The third-order valence-corrected chi connectivity index (χ3v) is 5.54. The largest absolute Gasteiger partial charge is 0.426 e. The van der Waals surface area contributed by atoms with Gasteiger partial charge in [-0.05, 0) is 62.1 Å². The molecule has 0 aromatic carbocycles. The summed E-state index contributed by atoms with van der Waals surface area (Å²) in [5.41, 5.74) is 7.03. The predicted octanol–water partition coefficient (Wildman–Crippen LogP) is 3.59. The monoisotopic (exact) mass is 474 g/mol. The summed E-state index contributed by atoms with van der Waals surface area (Å²) in [5.74, 6) is -0.120. The quantitative estimate of drug-likeness (QED) is 0.368.